The summed E-state index contributed by atoms with van der Waals surface area (Å²) in [7, 11) is 0. The van der Waals surface area contributed by atoms with Gasteiger partial charge in [0.1, 0.15) is 0 Å². The van der Waals surface area contributed by atoms with Crippen molar-refractivity contribution in [1.29, 1.82) is 0 Å². The molecule has 1 aromatic heterocycles. The van der Waals surface area contributed by atoms with E-state index in [-0.39, 0.29) is 0 Å². The molecule has 0 spiro atoms. The van der Waals surface area contributed by atoms with Crippen LogP contribution in [0.25, 0.3) is 10.9 Å². The number of fused-ring (bicyclic) bond motifs is 1. The molecule has 0 aliphatic rings. The van der Waals surface area contributed by atoms with Crippen LogP contribution in [0.5, 0.6) is 0 Å². The molecular weight excluding hydrogens is 312 g/mol. The molecule has 4 heteroatoms. The van der Waals surface area contributed by atoms with Crippen molar-refractivity contribution in [3.63, 3.8) is 0 Å². The molecule has 0 bridgehead atoms. The van der Waals surface area contributed by atoms with Crippen LogP contribution in [0.3, 0.4) is 0 Å². The Kier molecular flexibility index (Phi) is 4.46. The zero-order chi connectivity index (χ0) is 13.1. The third kappa shape index (κ3) is 2.62. The van der Waals surface area contributed by atoms with Crippen molar-refractivity contribution in [3.8, 4) is 0 Å². The maximum absolute atomic E-state index is 6.26. The van der Waals surface area contributed by atoms with Gasteiger partial charge in [0.2, 0.25) is 0 Å². The molecular formula is C14H16BrClN2. The lowest BCUT2D eigenvalue weighted by Gasteiger charge is -2.12. The molecule has 2 rings (SSSR count). The number of nitrogens with zero attached hydrogens (tertiary/aromatic N) is 1. The summed E-state index contributed by atoms with van der Waals surface area (Å²) in [6.07, 6.45) is 2.05. The third-order valence-electron chi connectivity index (χ3n) is 2.79. The topological polar surface area (TPSA) is 24.9 Å². The van der Waals surface area contributed by atoms with Crippen molar-refractivity contribution < 1.29 is 0 Å². The van der Waals surface area contributed by atoms with Gasteiger partial charge in [-0.1, -0.05) is 40.9 Å². The highest BCUT2D eigenvalue weighted by Gasteiger charge is 2.11. The first kappa shape index (κ1) is 13.6. The van der Waals surface area contributed by atoms with Gasteiger partial charge in [0.25, 0.3) is 0 Å². The second kappa shape index (κ2) is 5.89. The molecule has 1 aromatic carbocycles. The second-order valence-electron chi connectivity index (χ2n) is 4.19. The molecule has 1 heterocycles. The Bertz CT molecular complexity index is 569. The van der Waals surface area contributed by atoms with E-state index in [1.54, 1.807) is 0 Å². The van der Waals surface area contributed by atoms with Crippen LogP contribution < -0.4 is 5.32 Å². The van der Waals surface area contributed by atoms with Crippen LogP contribution in [0.15, 0.2) is 22.7 Å². The molecule has 18 heavy (non-hydrogen) atoms. The third-order valence-corrected chi connectivity index (χ3v) is 3.75. The fourth-order valence-corrected chi connectivity index (χ4v) is 2.77. The summed E-state index contributed by atoms with van der Waals surface area (Å²) in [6.45, 7) is 5.12. The number of aromatic nitrogens is 1. The number of nitrogens with one attached hydrogen (secondary N) is 1. The summed E-state index contributed by atoms with van der Waals surface area (Å²) in [6, 6.07) is 5.97. The first-order valence-electron chi connectivity index (χ1n) is 6.18. The average Bonchev–Trinajstić information content (AvgIpc) is 2.34. The Balaban J connectivity index is 2.72. The zero-order valence-corrected chi connectivity index (χ0v) is 12.9. The minimum atomic E-state index is 0.699. The van der Waals surface area contributed by atoms with Crippen molar-refractivity contribution in [2.45, 2.75) is 26.7 Å². The van der Waals surface area contributed by atoms with E-state index in [2.05, 4.69) is 46.1 Å². The molecule has 96 valence electrons. The summed E-state index contributed by atoms with van der Waals surface area (Å²) in [5.74, 6) is 0. The minimum Gasteiger partial charge on any atom is -0.385 e. The van der Waals surface area contributed by atoms with Crippen molar-refractivity contribution >= 4 is 44.1 Å². The zero-order valence-electron chi connectivity index (χ0n) is 10.6. The molecule has 0 fully saturated rings. The smallest absolute Gasteiger partial charge is 0.0923 e. The largest absolute Gasteiger partial charge is 0.385 e. The van der Waals surface area contributed by atoms with Gasteiger partial charge in [0.05, 0.1) is 10.5 Å². The number of rotatable bonds is 4. The van der Waals surface area contributed by atoms with Gasteiger partial charge in [-0.2, -0.15) is 0 Å². The summed E-state index contributed by atoms with van der Waals surface area (Å²) in [5.41, 5.74) is 3.05. The Labute approximate surface area is 121 Å². The Morgan fingerprint density at radius 3 is 2.78 bits per heavy atom. The predicted molar refractivity (Wildman–Crippen MR) is 82.6 cm³/mol. The molecule has 2 nitrogen and oxygen atoms in total. The standard InChI is InChI=1S/C14H16BrClN2/c1-3-5-9-8-12(17-4-2)13-10(15)6-7-11(16)14(13)18-9/h6-8H,3-5H2,1-2H3,(H,17,18). The van der Waals surface area contributed by atoms with E-state index in [1.165, 1.54) is 0 Å². The lowest BCUT2D eigenvalue weighted by Crippen LogP contribution is -2.01. The molecule has 2 aromatic rings. The van der Waals surface area contributed by atoms with Crippen molar-refractivity contribution in [2.75, 3.05) is 11.9 Å². The number of anilines is 1. The summed E-state index contributed by atoms with van der Waals surface area (Å²) in [5, 5.41) is 5.15. The van der Waals surface area contributed by atoms with Crippen molar-refractivity contribution in [1.82, 2.24) is 4.98 Å². The van der Waals surface area contributed by atoms with Gasteiger partial charge in [-0.3, -0.25) is 4.98 Å². The average molecular weight is 328 g/mol. The Morgan fingerprint density at radius 1 is 1.33 bits per heavy atom. The van der Waals surface area contributed by atoms with Crippen LogP contribution in [0.2, 0.25) is 5.02 Å². The second-order valence-corrected chi connectivity index (χ2v) is 5.46. The quantitative estimate of drug-likeness (QED) is 0.851. The van der Waals surface area contributed by atoms with Crippen LogP contribution in [-0.4, -0.2) is 11.5 Å². The van der Waals surface area contributed by atoms with E-state index in [4.69, 9.17) is 11.6 Å². The van der Waals surface area contributed by atoms with E-state index >= 15 is 0 Å². The van der Waals surface area contributed by atoms with Crippen LogP contribution >= 0.6 is 27.5 Å². The van der Waals surface area contributed by atoms with Gasteiger partial charge in [-0.05, 0) is 31.5 Å². The maximum atomic E-state index is 6.26. The van der Waals surface area contributed by atoms with Crippen LogP contribution in [0.4, 0.5) is 5.69 Å². The monoisotopic (exact) mass is 326 g/mol. The van der Waals surface area contributed by atoms with E-state index in [0.29, 0.717) is 5.02 Å². The number of pyridine rings is 1. The molecule has 0 aliphatic carbocycles. The molecule has 0 saturated heterocycles. The highest BCUT2D eigenvalue weighted by Crippen LogP contribution is 2.34. The number of hydrogen-bond donors (Lipinski definition) is 1. The summed E-state index contributed by atoms with van der Waals surface area (Å²) in [4.78, 5) is 4.67. The van der Waals surface area contributed by atoms with Gasteiger partial charge in [-0.15, -0.1) is 0 Å². The molecule has 1 N–H and O–H groups in total. The van der Waals surface area contributed by atoms with Crippen LogP contribution in [0.1, 0.15) is 26.0 Å². The highest BCUT2D eigenvalue weighted by molar-refractivity contribution is 9.10. The van der Waals surface area contributed by atoms with Crippen LogP contribution in [-0.2, 0) is 6.42 Å². The first-order chi connectivity index (χ1) is 8.67. The summed E-state index contributed by atoms with van der Waals surface area (Å²) < 4.78 is 1.02. The lowest BCUT2D eigenvalue weighted by molar-refractivity contribution is 0.890. The van der Waals surface area contributed by atoms with E-state index in [0.717, 1.165) is 46.1 Å². The van der Waals surface area contributed by atoms with Gasteiger partial charge >= 0.3 is 0 Å². The minimum absolute atomic E-state index is 0.699. The first-order valence-corrected chi connectivity index (χ1v) is 7.36. The van der Waals surface area contributed by atoms with Gasteiger partial charge in [0.15, 0.2) is 0 Å². The lowest BCUT2D eigenvalue weighted by atomic mass is 10.1. The van der Waals surface area contributed by atoms with Crippen molar-refractivity contribution in [3.05, 3.63) is 33.4 Å². The van der Waals surface area contributed by atoms with E-state index < -0.39 is 0 Å². The van der Waals surface area contributed by atoms with E-state index in [1.807, 2.05) is 12.1 Å². The molecule has 0 saturated carbocycles. The molecule has 0 amide bonds. The predicted octanol–water partition coefficient (Wildman–Crippen LogP) is 5.04. The summed E-state index contributed by atoms with van der Waals surface area (Å²) >= 11 is 9.84. The molecule has 0 unspecified atom stereocenters. The van der Waals surface area contributed by atoms with Gasteiger partial charge in [0, 0.05) is 27.8 Å². The normalized spacial score (nSPS) is 10.9. The number of halogens is 2. The number of hydrogen-bond acceptors (Lipinski definition) is 2. The van der Waals surface area contributed by atoms with E-state index in [9.17, 15) is 0 Å². The number of aryl methyl sites for hydroxylation is 1. The molecule has 0 radical (unpaired) electrons. The van der Waals surface area contributed by atoms with Crippen LogP contribution in [0, 0.1) is 0 Å². The fourth-order valence-electron chi connectivity index (χ4n) is 2.04. The molecule has 0 aliphatic heterocycles. The Morgan fingerprint density at radius 2 is 2.11 bits per heavy atom. The fraction of sp³-hybridized carbons (Fsp3) is 0.357. The highest BCUT2D eigenvalue weighted by atomic mass is 79.9. The van der Waals surface area contributed by atoms with Crippen molar-refractivity contribution in [2.24, 2.45) is 0 Å². The van der Waals surface area contributed by atoms with Gasteiger partial charge < -0.3 is 5.32 Å². The van der Waals surface area contributed by atoms with Gasteiger partial charge in [-0.25, -0.2) is 0 Å². The number of benzene rings is 1. The Hall–Kier alpha value is -0.800. The SMILES string of the molecule is CCCc1cc(NCC)c2c(Br)ccc(Cl)c2n1. The molecule has 0 atom stereocenters. The maximum Gasteiger partial charge on any atom is 0.0923 e.